The molecule has 0 saturated heterocycles. The highest BCUT2D eigenvalue weighted by Crippen LogP contribution is 2.41. The van der Waals surface area contributed by atoms with Crippen LogP contribution in [0.5, 0.6) is 23.0 Å². The summed E-state index contributed by atoms with van der Waals surface area (Å²) < 4.78 is 24.2. The molecule has 0 saturated carbocycles. The van der Waals surface area contributed by atoms with E-state index >= 15 is 0 Å². The second-order valence-corrected chi connectivity index (χ2v) is 5.96. The number of nitrogens with zero attached hydrogens (tertiary/aromatic N) is 2. The molecule has 0 atom stereocenters. The number of benzene rings is 2. The number of rotatable bonds is 6. The number of fused-ring (bicyclic) bond motifs is 3. The zero-order chi connectivity index (χ0) is 18.8. The third-order valence-electron chi connectivity index (χ3n) is 4.45. The van der Waals surface area contributed by atoms with Gasteiger partial charge in [-0.25, -0.2) is 4.98 Å². The van der Waals surface area contributed by atoms with Crippen LogP contribution < -0.4 is 18.9 Å². The van der Waals surface area contributed by atoms with Crippen LogP contribution in [-0.4, -0.2) is 30.7 Å². The van der Waals surface area contributed by atoms with Crippen molar-refractivity contribution < 1.29 is 18.9 Å². The third kappa shape index (κ3) is 2.99. The van der Waals surface area contributed by atoms with Gasteiger partial charge in [0.1, 0.15) is 18.1 Å². The van der Waals surface area contributed by atoms with Crippen molar-refractivity contribution >= 4 is 16.6 Å². The Kier molecular flexibility index (Phi) is 4.46. The zero-order valence-corrected chi connectivity index (χ0v) is 15.4. The van der Waals surface area contributed by atoms with Gasteiger partial charge in [-0.2, -0.15) is 0 Å². The molecule has 27 heavy (non-hydrogen) atoms. The van der Waals surface area contributed by atoms with Crippen molar-refractivity contribution in [1.29, 1.82) is 0 Å². The van der Waals surface area contributed by atoms with E-state index in [1.165, 1.54) is 0 Å². The minimum Gasteiger partial charge on any atom is -0.493 e. The number of para-hydroxylation sites is 2. The predicted octanol–water partition coefficient (Wildman–Crippen LogP) is 4.09. The van der Waals surface area contributed by atoms with E-state index in [4.69, 9.17) is 23.9 Å². The highest BCUT2D eigenvalue weighted by Gasteiger charge is 2.15. The summed E-state index contributed by atoms with van der Waals surface area (Å²) >= 11 is 0. The maximum Gasteiger partial charge on any atom is 0.203 e. The second kappa shape index (κ2) is 7.07. The molecule has 6 nitrogen and oxygen atoms in total. The summed E-state index contributed by atoms with van der Waals surface area (Å²) in [5.41, 5.74) is 3.85. The molecule has 0 unspecified atom stereocenters. The Morgan fingerprint density at radius 3 is 2.26 bits per heavy atom. The van der Waals surface area contributed by atoms with Crippen molar-refractivity contribution in [1.82, 2.24) is 9.38 Å². The Morgan fingerprint density at radius 2 is 1.56 bits per heavy atom. The molecule has 138 valence electrons. The highest BCUT2D eigenvalue weighted by molar-refractivity contribution is 5.79. The molecule has 4 aromatic rings. The fourth-order valence-corrected chi connectivity index (χ4v) is 3.19. The molecule has 4 rings (SSSR count). The van der Waals surface area contributed by atoms with Crippen LogP contribution in [0, 0.1) is 0 Å². The van der Waals surface area contributed by atoms with Gasteiger partial charge in [-0.1, -0.05) is 12.1 Å². The Labute approximate surface area is 156 Å². The molecule has 0 aliphatic rings. The quantitative estimate of drug-likeness (QED) is 0.516. The first-order valence-electron chi connectivity index (χ1n) is 8.52. The standard InChI is InChI=1S/C21H20N2O4/c1-24-19-11-14(12-20(25-2)21(19)26-3)27-13-16-18-9-6-10-23(18)17-8-5-4-7-15(17)22-16/h4-12H,13H2,1-3H3. The highest BCUT2D eigenvalue weighted by atomic mass is 16.5. The van der Waals surface area contributed by atoms with Crippen LogP contribution in [0.1, 0.15) is 5.69 Å². The molecule has 2 aromatic heterocycles. The molecule has 0 amide bonds. The minimum absolute atomic E-state index is 0.316. The summed E-state index contributed by atoms with van der Waals surface area (Å²) in [4.78, 5) is 4.78. The number of methoxy groups -OCH3 is 3. The number of hydrogen-bond acceptors (Lipinski definition) is 5. The summed E-state index contributed by atoms with van der Waals surface area (Å²) in [6.45, 7) is 0.316. The van der Waals surface area contributed by atoms with Crippen LogP contribution in [0.15, 0.2) is 54.7 Å². The van der Waals surface area contributed by atoms with Gasteiger partial charge in [0.05, 0.1) is 37.9 Å². The van der Waals surface area contributed by atoms with Crippen LogP contribution in [0.25, 0.3) is 16.6 Å². The molecule has 2 heterocycles. The average Bonchev–Trinajstić information content (AvgIpc) is 3.21. The molecule has 0 aliphatic heterocycles. The van der Waals surface area contributed by atoms with Crippen LogP contribution >= 0.6 is 0 Å². The van der Waals surface area contributed by atoms with E-state index in [1.807, 2.05) is 36.5 Å². The van der Waals surface area contributed by atoms with Gasteiger partial charge in [0.15, 0.2) is 11.5 Å². The molecule has 0 aliphatic carbocycles. The lowest BCUT2D eigenvalue weighted by Crippen LogP contribution is -2.03. The van der Waals surface area contributed by atoms with Gasteiger partial charge in [-0.05, 0) is 24.3 Å². The van der Waals surface area contributed by atoms with Gasteiger partial charge in [0, 0.05) is 18.3 Å². The normalized spacial score (nSPS) is 10.9. The van der Waals surface area contributed by atoms with E-state index in [-0.39, 0.29) is 0 Å². The fraction of sp³-hybridized carbons (Fsp3) is 0.190. The van der Waals surface area contributed by atoms with E-state index in [1.54, 1.807) is 33.5 Å². The van der Waals surface area contributed by atoms with Crippen molar-refractivity contribution in [2.75, 3.05) is 21.3 Å². The van der Waals surface area contributed by atoms with Gasteiger partial charge in [0.25, 0.3) is 0 Å². The van der Waals surface area contributed by atoms with Gasteiger partial charge in [-0.3, -0.25) is 0 Å². The number of aromatic nitrogens is 2. The fourth-order valence-electron chi connectivity index (χ4n) is 3.19. The summed E-state index contributed by atoms with van der Waals surface area (Å²) in [6, 6.07) is 15.6. The SMILES string of the molecule is COc1cc(OCc2nc3ccccc3n3cccc23)cc(OC)c1OC. The first-order chi connectivity index (χ1) is 13.2. The maximum atomic E-state index is 6.01. The Hall–Kier alpha value is -3.41. The molecule has 6 heteroatoms. The van der Waals surface area contributed by atoms with Crippen molar-refractivity contribution in [3.05, 3.63) is 60.4 Å². The first kappa shape index (κ1) is 17.0. The molecule has 0 radical (unpaired) electrons. The Balaban J connectivity index is 1.70. The van der Waals surface area contributed by atoms with Crippen LogP contribution in [-0.2, 0) is 6.61 Å². The van der Waals surface area contributed by atoms with Crippen LogP contribution in [0.4, 0.5) is 0 Å². The minimum atomic E-state index is 0.316. The molecular weight excluding hydrogens is 344 g/mol. The predicted molar refractivity (Wildman–Crippen MR) is 103 cm³/mol. The van der Waals surface area contributed by atoms with E-state index in [2.05, 4.69) is 10.5 Å². The van der Waals surface area contributed by atoms with Crippen molar-refractivity contribution in [3.63, 3.8) is 0 Å². The van der Waals surface area contributed by atoms with E-state index in [0.717, 1.165) is 22.2 Å². The lowest BCUT2D eigenvalue weighted by atomic mass is 10.2. The zero-order valence-electron chi connectivity index (χ0n) is 15.4. The second-order valence-electron chi connectivity index (χ2n) is 5.96. The number of ether oxygens (including phenoxy) is 4. The van der Waals surface area contributed by atoms with Gasteiger partial charge < -0.3 is 23.3 Å². The van der Waals surface area contributed by atoms with Gasteiger partial charge >= 0.3 is 0 Å². The van der Waals surface area contributed by atoms with Crippen LogP contribution in [0.3, 0.4) is 0 Å². The Morgan fingerprint density at radius 1 is 0.852 bits per heavy atom. The lowest BCUT2D eigenvalue weighted by Gasteiger charge is -2.15. The van der Waals surface area contributed by atoms with E-state index in [9.17, 15) is 0 Å². The summed E-state index contributed by atoms with van der Waals surface area (Å²) in [5.74, 6) is 2.24. The van der Waals surface area contributed by atoms with Crippen molar-refractivity contribution in [3.8, 4) is 23.0 Å². The molecule has 0 bridgehead atoms. The van der Waals surface area contributed by atoms with Crippen molar-refractivity contribution in [2.45, 2.75) is 6.61 Å². The first-order valence-corrected chi connectivity index (χ1v) is 8.52. The topological polar surface area (TPSA) is 54.2 Å². The summed E-state index contributed by atoms with van der Waals surface area (Å²) in [6.07, 6.45) is 2.03. The summed E-state index contributed by atoms with van der Waals surface area (Å²) in [7, 11) is 4.73. The molecule has 0 spiro atoms. The lowest BCUT2D eigenvalue weighted by molar-refractivity contribution is 0.289. The smallest absolute Gasteiger partial charge is 0.203 e. The molecule has 0 fully saturated rings. The summed E-state index contributed by atoms with van der Waals surface area (Å²) in [5, 5.41) is 0. The third-order valence-corrected chi connectivity index (χ3v) is 4.45. The average molecular weight is 364 g/mol. The molecular formula is C21H20N2O4. The van der Waals surface area contributed by atoms with Crippen molar-refractivity contribution in [2.24, 2.45) is 0 Å². The monoisotopic (exact) mass is 364 g/mol. The van der Waals surface area contributed by atoms with E-state index < -0.39 is 0 Å². The molecule has 2 aromatic carbocycles. The maximum absolute atomic E-state index is 6.01. The van der Waals surface area contributed by atoms with Crippen LogP contribution in [0.2, 0.25) is 0 Å². The Bertz CT molecular complexity index is 1080. The van der Waals surface area contributed by atoms with Gasteiger partial charge in [0.2, 0.25) is 5.75 Å². The largest absolute Gasteiger partial charge is 0.493 e. The number of hydrogen-bond donors (Lipinski definition) is 0. The van der Waals surface area contributed by atoms with Gasteiger partial charge in [-0.15, -0.1) is 0 Å². The van der Waals surface area contributed by atoms with E-state index in [0.29, 0.717) is 29.6 Å². The molecule has 0 N–H and O–H groups in total.